The van der Waals surface area contributed by atoms with Crippen LogP contribution >= 0.6 is 11.6 Å². The number of carbonyl (C=O) groups is 2. The lowest BCUT2D eigenvalue weighted by molar-refractivity contribution is -0.132. The van der Waals surface area contributed by atoms with Gasteiger partial charge in [0.2, 0.25) is 0 Å². The molecule has 1 amide bonds. The number of anilines is 1. The predicted molar refractivity (Wildman–Crippen MR) is 161 cm³/mol. The van der Waals surface area contributed by atoms with Crippen molar-refractivity contribution >= 4 is 45.6 Å². The molecule has 0 saturated carbocycles. The number of aryl methyl sites for hydroxylation is 2. The number of hydrogen-bond donors (Lipinski definition) is 1. The second kappa shape index (κ2) is 10.6. The molecule has 1 aromatic heterocycles. The summed E-state index contributed by atoms with van der Waals surface area (Å²) in [5.41, 5.74) is 4.40. The molecule has 1 saturated heterocycles. The molecule has 4 aromatic carbocycles. The van der Waals surface area contributed by atoms with Gasteiger partial charge < -0.3 is 14.4 Å². The number of aromatic nitrogens is 1. The summed E-state index contributed by atoms with van der Waals surface area (Å²) in [5.74, 6) is -1.08. The van der Waals surface area contributed by atoms with E-state index in [-0.39, 0.29) is 11.3 Å². The predicted octanol–water partition coefficient (Wildman–Crippen LogP) is 7.35. The number of halogens is 1. The van der Waals surface area contributed by atoms with E-state index in [9.17, 15) is 14.7 Å². The lowest BCUT2D eigenvalue weighted by Crippen LogP contribution is -2.29. The molecule has 0 radical (unpaired) electrons. The van der Waals surface area contributed by atoms with E-state index in [4.69, 9.17) is 16.3 Å². The van der Waals surface area contributed by atoms with Crippen molar-refractivity contribution < 1.29 is 19.4 Å². The van der Waals surface area contributed by atoms with Gasteiger partial charge in [-0.25, -0.2) is 0 Å². The molecule has 1 atom stereocenters. The van der Waals surface area contributed by atoms with Gasteiger partial charge in [-0.05, 0) is 60.5 Å². The molecule has 1 N–H and O–H groups in total. The monoisotopic (exact) mass is 562 g/mol. The van der Waals surface area contributed by atoms with E-state index in [0.29, 0.717) is 28.6 Å². The minimum absolute atomic E-state index is 0.0173. The highest BCUT2D eigenvalue weighted by atomic mass is 35.5. The zero-order valence-corrected chi connectivity index (χ0v) is 23.3. The SMILES string of the molecule is Cc1cc(/C(O)=C2\C(=O)C(=O)N(c3cccc(Cl)c3)C2c2cn(C)c3ccccc23)ccc1OCc1ccccc1. The van der Waals surface area contributed by atoms with Gasteiger partial charge in [0.25, 0.3) is 11.7 Å². The van der Waals surface area contributed by atoms with Gasteiger partial charge in [-0.3, -0.25) is 14.5 Å². The van der Waals surface area contributed by atoms with E-state index < -0.39 is 17.7 Å². The Morgan fingerprint density at radius 3 is 2.44 bits per heavy atom. The summed E-state index contributed by atoms with van der Waals surface area (Å²) in [6, 6.07) is 28.8. The molecule has 1 unspecified atom stereocenters. The second-order valence-corrected chi connectivity index (χ2v) is 10.6. The summed E-state index contributed by atoms with van der Waals surface area (Å²) in [7, 11) is 1.91. The number of rotatable bonds is 6. The van der Waals surface area contributed by atoms with Crippen LogP contribution in [0, 0.1) is 6.92 Å². The van der Waals surface area contributed by atoms with Crippen molar-refractivity contribution in [2.75, 3.05) is 4.90 Å². The van der Waals surface area contributed by atoms with Crippen LogP contribution in [0.5, 0.6) is 5.75 Å². The van der Waals surface area contributed by atoms with Gasteiger partial charge in [-0.15, -0.1) is 0 Å². The Morgan fingerprint density at radius 2 is 1.68 bits per heavy atom. The summed E-state index contributed by atoms with van der Waals surface area (Å²) in [6.07, 6.45) is 1.90. The number of carbonyl (C=O) groups excluding carboxylic acids is 2. The number of fused-ring (bicyclic) bond motifs is 1. The fraction of sp³-hybridized carbons (Fsp3) is 0.118. The summed E-state index contributed by atoms with van der Waals surface area (Å²) < 4.78 is 7.96. The Kier molecular flexibility index (Phi) is 6.85. The highest BCUT2D eigenvalue weighted by Gasteiger charge is 2.48. The van der Waals surface area contributed by atoms with E-state index in [1.165, 1.54) is 4.90 Å². The van der Waals surface area contributed by atoms with E-state index in [1.807, 2.05) is 79.3 Å². The van der Waals surface area contributed by atoms with E-state index >= 15 is 0 Å². The van der Waals surface area contributed by atoms with E-state index in [0.717, 1.165) is 27.6 Å². The van der Waals surface area contributed by atoms with Crippen LogP contribution in [0.1, 0.15) is 28.3 Å². The van der Waals surface area contributed by atoms with Gasteiger partial charge in [-0.2, -0.15) is 0 Å². The quantitative estimate of drug-likeness (QED) is 0.133. The fourth-order valence-electron chi connectivity index (χ4n) is 5.46. The Morgan fingerprint density at radius 1 is 0.927 bits per heavy atom. The highest BCUT2D eigenvalue weighted by molar-refractivity contribution is 6.52. The average Bonchev–Trinajstić information content (AvgIpc) is 3.45. The van der Waals surface area contributed by atoms with Crippen molar-refractivity contribution in [3.63, 3.8) is 0 Å². The zero-order valence-electron chi connectivity index (χ0n) is 22.5. The molecule has 7 heteroatoms. The summed E-state index contributed by atoms with van der Waals surface area (Å²) in [4.78, 5) is 28.7. The molecule has 5 aromatic rings. The maximum absolute atomic E-state index is 13.7. The van der Waals surface area contributed by atoms with Crippen LogP contribution in [0.15, 0.2) is 109 Å². The van der Waals surface area contributed by atoms with Crippen molar-refractivity contribution in [2.24, 2.45) is 7.05 Å². The first-order valence-corrected chi connectivity index (χ1v) is 13.6. The van der Waals surface area contributed by atoms with E-state index in [2.05, 4.69) is 0 Å². The van der Waals surface area contributed by atoms with Crippen LogP contribution in [-0.4, -0.2) is 21.4 Å². The van der Waals surface area contributed by atoms with Crippen LogP contribution in [-0.2, 0) is 23.2 Å². The summed E-state index contributed by atoms with van der Waals surface area (Å²) in [6.45, 7) is 2.28. The third kappa shape index (κ3) is 4.77. The molecule has 41 heavy (non-hydrogen) atoms. The number of aliphatic hydroxyl groups excluding tert-OH is 1. The first-order chi connectivity index (χ1) is 19.8. The number of nitrogens with zero attached hydrogens (tertiary/aromatic N) is 2. The molecule has 2 heterocycles. The normalized spacial score (nSPS) is 16.5. The van der Waals surface area contributed by atoms with Gasteiger partial charge in [-0.1, -0.05) is 66.2 Å². The molecule has 6 nitrogen and oxygen atoms in total. The first kappa shape index (κ1) is 26.4. The maximum atomic E-state index is 13.7. The number of para-hydroxylation sites is 1. The van der Waals surface area contributed by atoms with Crippen LogP contribution in [0.3, 0.4) is 0 Å². The number of aliphatic hydroxyl groups is 1. The number of ether oxygens (including phenoxy) is 1. The standard InChI is InChI=1S/C34H27ClN2O4/c1-21-17-23(15-16-29(21)41-20-22-9-4-3-5-10-22)32(38)30-31(27-19-36(2)28-14-7-6-13-26(27)28)37(34(40)33(30)39)25-12-8-11-24(35)18-25/h3-19,31,38H,20H2,1-2H3/b32-30+. The minimum Gasteiger partial charge on any atom is -0.507 e. The summed E-state index contributed by atoms with van der Waals surface area (Å²) in [5, 5.41) is 13.0. The zero-order chi connectivity index (χ0) is 28.7. The fourth-order valence-corrected chi connectivity index (χ4v) is 5.64. The maximum Gasteiger partial charge on any atom is 0.300 e. The lowest BCUT2D eigenvalue weighted by Gasteiger charge is -2.25. The smallest absolute Gasteiger partial charge is 0.300 e. The first-order valence-electron chi connectivity index (χ1n) is 13.2. The molecule has 0 bridgehead atoms. The average molecular weight is 563 g/mol. The van der Waals surface area contributed by atoms with Gasteiger partial charge in [0.15, 0.2) is 0 Å². The molecular formula is C34H27ClN2O4. The largest absolute Gasteiger partial charge is 0.507 e. The number of Topliss-reactive ketones (excluding diaryl/α,β-unsaturated/α-hetero) is 1. The van der Waals surface area contributed by atoms with Crippen LogP contribution in [0.4, 0.5) is 5.69 Å². The summed E-state index contributed by atoms with van der Waals surface area (Å²) >= 11 is 6.29. The van der Waals surface area contributed by atoms with E-state index in [1.54, 1.807) is 42.5 Å². The van der Waals surface area contributed by atoms with Gasteiger partial charge in [0.1, 0.15) is 18.1 Å². The number of ketones is 1. The molecule has 204 valence electrons. The number of amides is 1. The van der Waals surface area contributed by atoms with Crippen molar-refractivity contribution in [3.05, 3.63) is 136 Å². The topological polar surface area (TPSA) is 71.8 Å². The Bertz CT molecular complexity index is 1840. The van der Waals surface area contributed by atoms with Gasteiger partial charge in [0, 0.05) is 46.0 Å². The van der Waals surface area contributed by atoms with Crippen LogP contribution in [0.25, 0.3) is 16.7 Å². The van der Waals surface area contributed by atoms with Crippen molar-refractivity contribution in [2.45, 2.75) is 19.6 Å². The van der Waals surface area contributed by atoms with Crippen LogP contribution < -0.4 is 9.64 Å². The van der Waals surface area contributed by atoms with Crippen LogP contribution in [0.2, 0.25) is 5.02 Å². The lowest BCUT2D eigenvalue weighted by atomic mass is 9.94. The van der Waals surface area contributed by atoms with Crippen molar-refractivity contribution in [3.8, 4) is 5.75 Å². The highest BCUT2D eigenvalue weighted by Crippen LogP contribution is 2.45. The van der Waals surface area contributed by atoms with Crippen molar-refractivity contribution in [1.82, 2.24) is 4.57 Å². The minimum atomic E-state index is -0.867. The molecule has 1 aliphatic rings. The Labute approximate surface area is 242 Å². The van der Waals surface area contributed by atoms with Crippen molar-refractivity contribution in [1.29, 1.82) is 0 Å². The molecule has 1 aliphatic heterocycles. The third-order valence-corrected chi connectivity index (χ3v) is 7.67. The molecule has 6 rings (SSSR count). The Balaban J connectivity index is 1.47. The molecule has 0 aliphatic carbocycles. The molecular weight excluding hydrogens is 536 g/mol. The van der Waals surface area contributed by atoms with Gasteiger partial charge in [0.05, 0.1) is 11.6 Å². The molecule has 1 fully saturated rings. The number of hydrogen-bond acceptors (Lipinski definition) is 4. The molecule has 0 spiro atoms. The third-order valence-electron chi connectivity index (χ3n) is 7.44. The Hall–Kier alpha value is -4.81. The number of benzene rings is 4. The van der Waals surface area contributed by atoms with Gasteiger partial charge >= 0.3 is 0 Å². The second-order valence-electron chi connectivity index (χ2n) is 10.1.